The average molecular weight is 340 g/mol. The zero-order valence-corrected chi connectivity index (χ0v) is 13.1. The zero-order valence-electron chi connectivity index (χ0n) is 13.1. The van der Waals surface area contributed by atoms with E-state index in [2.05, 4.69) is 14.7 Å². The number of halogens is 1. The fourth-order valence-corrected chi connectivity index (χ4v) is 2.09. The summed E-state index contributed by atoms with van der Waals surface area (Å²) in [7, 11) is 1.30. The molecule has 3 rings (SSSR count). The molecule has 25 heavy (non-hydrogen) atoms. The molecule has 0 atom stereocenters. The highest BCUT2D eigenvalue weighted by Gasteiger charge is 2.15. The van der Waals surface area contributed by atoms with Crippen molar-refractivity contribution in [3.8, 4) is 17.4 Å². The first-order valence-electron chi connectivity index (χ1n) is 7.25. The van der Waals surface area contributed by atoms with Gasteiger partial charge in [-0.1, -0.05) is 12.1 Å². The predicted octanol–water partition coefficient (Wildman–Crippen LogP) is 3.72. The number of hydrogen-bond donors (Lipinski definition) is 1. The van der Waals surface area contributed by atoms with Crippen LogP contribution in [0.2, 0.25) is 0 Å². The van der Waals surface area contributed by atoms with Crippen molar-refractivity contribution in [1.82, 2.24) is 4.98 Å². The van der Waals surface area contributed by atoms with E-state index in [1.54, 1.807) is 36.4 Å². The highest BCUT2D eigenvalue weighted by molar-refractivity contribution is 5.90. The summed E-state index contributed by atoms with van der Waals surface area (Å²) in [6.45, 7) is 0. The van der Waals surface area contributed by atoms with Gasteiger partial charge >= 0.3 is 11.9 Å². The monoisotopic (exact) mass is 340 g/mol. The van der Waals surface area contributed by atoms with Gasteiger partial charge in [0.15, 0.2) is 5.69 Å². The number of esters is 1. The van der Waals surface area contributed by atoms with Gasteiger partial charge in [-0.25, -0.2) is 14.2 Å². The van der Waals surface area contributed by atoms with Crippen LogP contribution < -0.4 is 0 Å². The Morgan fingerprint density at radius 2 is 1.96 bits per heavy atom. The molecule has 0 aliphatic carbocycles. The van der Waals surface area contributed by atoms with Crippen LogP contribution in [0.15, 0.2) is 57.9 Å². The van der Waals surface area contributed by atoms with Crippen LogP contribution in [0, 0.1) is 5.82 Å². The minimum atomic E-state index is -0.509. The molecule has 126 valence electrons. The molecule has 0 amide bonds. The summed E-state index contributed by atoms with van der Waals surface area (Å²) in [5, 5.41) is 9.81. The predicted molar refractivity (Wildman–Crippen MR) is 88.6 cm³/mol. The summed E-state index contributed by atoms with van der Waals surface area (Å²) in [5.74, 6) is -1.46. The Kier molecular flexibility index (Phi) is 4.56. The van der Waals surface area contributed by atoms with E-state index in [0.717, 1.165) is 0 Å². The number of benzene rings is 2. The van der Waals surface area contributed by atoms with Crippen LogP contribution in [0.25, 0.3) is 11.5 Å². The minimum absolute atomic E-state index is 0.0434. The molecule has 7 heteroatoms. The molecule has 0 saturated carbocycles. The van der Waals surface area contributed by atoms with Crippen LogP contribution in [0.4, 0.5) is 10.1 Å². The lowest BCUT2D eigenvalue weighted by Gasteiger charge is -1.98. The minimum Gasteiger partial charge on any atom is -0.479 e. The molecule has 0 fully saturated rings. The van der Waals surface area contributed by atoms with Crippen LogP contribution in [0.5, 0.6) is 5.95 Å². The number of carbonyl (C=O) groups is 1. The topological polar surface area (TPSA) is 84.9 Å². The molecule has 0 unspecified atom stereocenters. The molecule has 6 nitrogen and oxygen atoms in total. The van der Waals surface area contributed by atoms with E-state index in [0.29, 0.717) is 11.3 Å². The van der Waals surface area contributed by atoms with Crippen molar-refractivity contribution >= 4 is 17.9 Å². The molecule has 0 aliphatic rings. The molecular weight excluding hydrogens is 327 g/mol. The van der Waals surface area contributed by atoms with E-state index in [-0.39, 0.29) is 17.1 Å². The van der Waals surface area contributed by atoms with Crippen molar-refractivity contribution in [2.24, 2.45) is 4.99 Å². The molecule has 1 N–H and O–H groups in total. The number of nitrogens with zero attached hydrogens (tertiary/aromatic N) is 2. The maximum absolute atomic E-state index is 13.7. The van der Waals surface area contributed by atoms with Gasteiger partial charge in [-0.05, 0) is 36.4 Å². The number of aromatic hydroxyl groups is 1. The molecule has 2 aromatic carbocycles. The molecule has 1 aromatic heterocycles. The van der Waals surface area contributed by atoms with Gasteiger partial charge in [0, 0.05) is 0 Å². The van der Waals surface area contributed by atoms with Gasteiger partial charge in [0.2, 0.25) is 5.89 Å². The first-order chi connectivity index (χ1) is 12.1. The molecule has 0 spiro atoms. The first kappa shape index (κ1) is 16.4. The van der Waals surface area contributed by atoms with Crippen LogP contribution >= 0.6 is 0 Å². The van der Waals surface area contributed by atoms with Gasteiger partial charge in [0.1, 0.15) is 5.82 Å². The number of aliphatic imine (C=N–C) groups is 1. The number of rotatable bonds is 4. The lowest BCUT2D eigenvalue weighted by atomic mass is 10.2. The molecular formula is C18H13FN2O4. The molecule has 0 bridgehead atoms. The number of carbonyl (C=O) groups excluding carboxylic acids is 1. The first-order valence-corrected chi connectivity index (χ1v) is 7.25. The third-order valence-electron chi connectivity index (χ3n) is 3.36. The van der Waals surface area contributed by atoms with Gasteiger partial charge in [0.05, 0.1) is 30.1 Å². The van der Waals surface area contributed by atoms with E-state index in [4.69, 9.17) is 4.42 Å². The molecule has 0 radical (unpaired) electrons. The molecule has 0 aliphatic heterocycles. The van der Waals surface area contributed by atoms with E-state index < -0.39 is 17.7 Å². The summed E-state index contributed by atoms with van der Waals surface area (Å²) < 4.78 is 23.4. The Balaban J connectivity index is 1.82. The van der Waals surface area contributed by atoms with Gasteiger partial charge < -0.3 is 14.3 Å². The van der Waals surface area contributed by atoms with Crippen LogP contribution in [-0.4, -0.2) is 29.4 Å². The standard InChI is InChI=1S/C18H13FN2O4/c1-24-17(22)11-6-8-12(9-7-11)20-10-15-18(23)25-16(21-15)13-4-2-3-5-14(13)19/h2-10,23H,1H3. The van der Waals surface area contributed by atoms with Crippen molar-refractivity contribution in [2.45, 2.75) is 0 Å². The number of aromatic nitrogens is 1. The van der Waals surface area contributed by atoms with E-state index in [1.165, 1.54) is 25.5 Å². The number of methoxy groups -OCH3 is 1. The third kappa shape index (κ3) is 3.55. The zero-order chi connectivity index (χ0) is 17.8. The smallest absolute Gasteiger partial charge is 0.337 e. The lowest BCUT2D eigenvalue weighted by Crippen LogP contribution is -1.99. The fraction of sp³-hybridized carbons (Fsp3) is 0.0556. The quantitative estimate of drug-likeness (QED) is 0.578. The SMILES string of the molecule is COC(=O)c1ccc(N=Cc2nc(-c3ccccc3F)oc2O)cc1. The van der Waals surface area contributed by atoms with Crippen molar-refractivity contribution in [3.63, 3.8) is 0 Å². The normalized spacial score (nSPS) is 11.0. The second-order valence-electron chi connectivity index (χ2n) is 4.99. The Morgan fingerprint density at radius 3 is 2.64 bits per heavy atom. The maximum Gasteiger partial charge on any atom is 0.337 e. The second-order valence-corrected chi connectivity index (χ2v) is 4.99. The Bertz CT molecular complexity index is 933. The van der Waals surface area contributed by atoms with Gasteiger partial charge in [-0.15, -0.1) is 0 Å². The second kappa shape index (κ2) is 6.96. The summed E-state index contributed by atoms with van der Waals surface area (Å²) in [4.78, 5) is 19.5. The Labute approximate surface area is 142 Å². The largest absolute Gasteiger partial charge is 0.479 e. The van der Waals surface area contributed by atoms with Crippen molar-refractivity contribution in [1.29, 1.82) is 0 Å². The van der Waals surface area contributed by atoms with Crippen molar-refractivity contribution < 1.29 is 23.4 Å². The van der Waals surface area contributed by atoms with E-state index in [1.807, 2.05) is 0 Å². The maximum atomic E-state index is 13.7. The average Bonchev–Trinajstić information content (AvgIpc) is 3.00. The van der Waals surface area contributed by atoms with Crippen molar-refractivity contribution in [2.75, 3.05) is 7.11 Å². The lowest BCUT2D eigenvalue weighted by molar-refractivity contribution is 0.0600. The van der Waals surface area contributed by atoms with Gasteiger partial charge in [-0.3, -0.25) is 4.99 Å². The third-order valence-corrected chi connectivity index (χ3v) is 3.36. The van der Waals surface area contributed by atoms with Crippen LogP contribution in [0.3, 0.4) is 0 Å². The number of hydrogen-bond acceptors (Lipinski definition) is 6. The summed E-state index contributed by atoms with van der Waals surface area (Å²) >= 11 is 0. The van der Waals surface area contributed by atoms with Gasteiger partial charge in [-0.2, -0.15) is 0 Å². The highest BCUT2D eigenvalue weighted by atomic mass is 19.1. The van der Waals surface area contributed by atoms with E-state index >= 15 is 0 Å². The Morgan fingerprint density at radius 1 is 1.24 bits per heavy atom. The van der Waals surface area contributed by atoms with Crippen molar-refractivity contribution in [3.05, 3.63) is 65.6 Å². The summed E-state index contributed by atoms with van der Waals surface area (Å²) in [6.07, 6.45) is 1.29. The van der Waals surface area contributed by atoms with Crippen LogP contribution in [-0.2, 0) is 4.74 Å². The number of ether oxygens (including phenoxy) is 1. The number of oxazole rings is 1. The van der Waals surface area contributed by atoms with Crippen LogP contribution in [0.1, 0.15) is 16.1 Å². The van der Waals surface area contributed by atoms with E-state index in [9.17, 15) is 14.3 Å². The molecule has 0 saturated heterocycles. The molecule has 1 heterocycles. The fourth-order valence-electron chi connectivity index (χ4n) is 2.09. The summed E-state index contributed by atoms with van der Waals surface area (Å²) in [6, 6.07) is 12.3. The van der Waals surface area contributed by atoms with Gasteiger partial charge in [0.25, 0.3) is 0 Å². The Hall–Kier alpha value is -3.48. The summed E-state index contributed by atoms with van der Waals surface area (Å²) in [5.41, 5.74) is 1.13. The molecule has 3 aromatic rings. The highest BCUT2D eigenvalue weighted by Crippen LogP contribution is 2.27.